The number of hydrogen-bond acceptors (Lipinski definition) is 4. The van der Waals surface area contributed by atoms with Gasteiger partial charge in [-0.05, 0) is 60.5 Å². The van der Waals surface area contributed by atoms with Crippen molar-refractivity contribution >= 4 is 44.8 Å². The second-order valence-electron chi connectivity index (χ2n) is 7.10. The number of sulfone groups is 1. The molecule has 9 heteroatoms. The molecule has 0 fully saturated rings. The van der Waals surface area contributed by atoms with Crippen LogP contribution in [0.3, 0.4) is 0 Å². The molecule has 0 aromatic heterocycles. The van der Waals surface area contributed by atoms with Gasteiger partial charge >= 0.3 is 6.03 Å². The molecule has 6 nitrogen and oxygen atoms in total. The van der Waals surface area contributed by atoms with Crippen LogP contribution >= 0.6 is 23.2 Å². The van der Waals surface area contributed by atoms with Crippen molar-refractivity contribution in [3.8, 4) is 5.75 Å². The van der Waals surface area contributed by atoms with Crippen molar-refractivity contribution < 1.29 is 17.9 Å². The van der Waals surface area contributed by atoms with Crippen LogP contribution in [0.4, 0.5) is 10.5 Å². The molecule has 0 aliphatic carbocycles. The zero-order chi connectivity index (χ0) is 23.3. The van der Waals surface area contributed by atoms with Crippen LogP contribution in [-0.4, -0.2) is 21.6 Å². The number of nitrogens with one attached hydrogen (secondary N) is 2. The number of ether oxygens (including phenoxy) is 1. The first-order chi connectivity index (χ1) is 15.2. The lowest BCUT2D eigenvalue weighted by Crippen LogP contribution is -2.31. The molecule has 0 unspecified atom stereocenters. The Balaban J connectivity index is 1.64. The van der Waals surface area contributed by atoms with E-state index in [2.05, 4.69) is 10.6 Å². The number of methoxy groups -OCH3 is 1. The second-order valence-corrected chi connectivity index (χ2v) is 9.87. The lowest BCUT2D eigenvalue weighted by atomic mass is 10.1. The molecule has 2 N–H and O–H groups in total. The Labute approximate surface area is 197 Å². The fraction of sp³-hybridized carbons (Fsp3) is 0.174. The van der Waals surface area contributed by atoms with Crippen molar-refractivity contribution in [3.63, 3.8) is 0 Å². The summed E-state index contributed by atoms with van der Waals surface area (Å²) in [4.78, 5) is 12.5. The van der Waals surface area contributed by atoms with Crippen molar-refractivity contribution in [1.82, 2.24) is 5.32 Å². The molecule has 2 amide bonds. The number of anilines is 1. The minimum Gasteiger partial charge on any atom is -0.497 e. The van der Waals surface area contributed by atoms with Gasteiger partial charge in [-0.15, -0.1) is 0 Å². The van der Waals surface area contributed by atoms with E-state index in [1.165, 1.54) is 31.4 Å². The molecule has 0 heterocycles. The summed E-state index contributed by atoms with van der Waals surface area (Å²) in [5, 5.41) is 6.25. The molecule has 3 aromatic rings. The molecular weight excluding hydrogens is 471 g/mol. The lowest BCUT2D eigenvalue weighted by molar-refractivity contribution is 0.249. The van der Waals surface area contributed by atoms with Gasteiger partial charge in [0, 0.05) is 5.69 Å². The SMILES string of the molecule is COc1cccc(CS(=O)(=O)c2ccc(NC(=O)N[C@@H](C)c3cccc(Cl)c3Cl)cc2)c1. The Morgan fingerprint density at radius 1 is 1.03 bits per heavy atom. The number of urea groups is 1. The van der Waals surface area contributed by atoms with Gasteiger partial charge in [-0.3, -0.25) is 0 Å². The van der Waals surface area contributed by atoms with E-state index in [1.54, 1.807) is 49.4 Å². The number of amides is 2. The van der Waals surface area contributed by atoms with E-state index in [0.717, 1.165) is 0 Å². The molecule has 32 heavy (non-hydrogen) atoms. The minimum atomic E-state index is -3.56. The maximum absolute atomic E-state index is 12.7. The van der Waals surface area contributed by atoms with Crippen molar-refractivity contribution in [2.75, 3.05) is 12.4 Å². The van der Waals surface area contributed by atoms with Crippen LogP contribution in [-0.2, 0) is 15.6 Å². The molecule has 0 spiro atoms. The second kappa shape index (κ2) is 10.3. The molecule has 0 saturated carbocycles. The highest BCUT2D eigenvalue weighted by Crippen LogP contribution is 2.29. The van der Waals surface area contributed by atoms with Gasteiger partial charge in [0.15, 0.2) is 9.84 Å². The predicted octanol–water partition coefficient (Wildman–Crippen LogP) is 5.86. The minimum absolute atomic E-state index is 0.157. The summed E-state index contributed by atoms with van der Waals surface area (Å²) < 4.78 is 30.6. The van der Waals surface area contributed by atoms with Gasteiger partial charge in [0.05, 0.1) is 33.8 Å². The molecule has 3 aromatic carbocycles. The lowest BCUT2D eigenvalue weighted by Gasteiger charge is -2.17. The first-order valence-corrected chi connectivity index (χ1v) is 12.1. The summed E-state index contributed by atoms with van der Waals surface area (Å²) in [5.74, 6) is 0.437. The van der Waals surface area contributed by atoms with E-state index in [-0.39, 0.29) is 16.7 Å². The molecule has 0 aliphatic heterocycles. The summed E-state index contributed by atoms with van der Waals surface area (Å²) in [6.45, 7) is 1.78. The Hall–Kier alpha value is -2.74. The third-order valence-corrected chi connectivity index (χ3v) is 7.30. The van der Waals surface area contributed by atoms with Gasteiger partial charge in [0.25, 0.3) is 0 Å². The zero-order valence-electron chi connectivity index (χ0n) is 17.4. The highest BCUT2D eigenvalue weighted by atomic mass is 35.5. The highest BCUT2D eigenvalue weighted by molar-refractivity contribution is 7.90. The van der Waals surface area contributed by atoms with Gasteiger partial charge < -0.3 is 15.4 Å². The molecule has 0 radical (unpaired) electrons. The van der Waals surface area contributed by atoms with Gasteiger partial charge in [-0.2, -0.15) is 0 Å². The topological polar surface area (TPSA) is 84.5 Å². The molecule has 0 bridgehead atoms. The quantitative estimate of drug-likeness (QED) is 0.432. The van der Waals surface area contributed by atoms with Crippen molar-refractivity contribution in [3.05, 3.63) is 87.9 Å². The van der Waals surface area contributed by atoms with E-state index >= 15 is 0 Å². The van der Waals surface area contributed by atoms with Gasteiger partial charge in [-0.25, -0.2) is 13.2 Å². The number of benzene rings is 3. The van der Waals surface area contributed by atoms with Crippen molar-refractivity contribution in [2.45, 2.75) is 23.6 Å². The van der Waals surface area contributed by atoms with Crippen LogP contribution in [0, 0.1) is 0 Å². The predicted molar refractivity (Wildman–Crippen MR) is 127 cm³/mol. The number of halogens is 2. The average molecular weight is 493 g/mol. The van der Waals surface area contributed by atoms with E-state index in [0.29, 0.717) is 32.6 Å². The van der Waals surface area contributed by atoms with Crippen LogP contribution in [0.5, 0.6) is 5.75 Å². The van der Waals surface area contributed by atoms with Crippen molar-refractivity contribution in [2.24, 2.45) is 0 Å². The van der Waals surface area contributed by atoms with Gasteiger partial charge in [-0.1, -0.05) is 47.5 Å². The van der Waals surface area contributed by atoms with Crippen LogP contribution < -0.4 is 15.4 Å². The van der Waals surface area contributed by atoms with E-state index in [1.807, 2.05) is 0 Å². The zero-order valence-corrected chi connectivity index (χ0v) is 19.8. The Bertz CT molecular complexity index is 1210. The number of carbonyl (C=O) groups is 1. The number of rotatable bonds is 7. The molecule has 1 atom stereocenters. The Morgan fingerprint density at radius 2 is 1.72 bits per heavy atom. The maximum atomic E-state index is 12.7. The average Bonchev–Trinajstić information content (AvgIpc) is 2.75. The first-order valence-electron chi connectivity index (χ1n) is 9.67. The maximum Gasteiger partial charge on any atom is 0.319 e. The normalized spacial score (nSPS) is 12.1. The summed E-state index contributed by atoms with van der Waals surface area (Å²) >= 11 is 12.2. The fourth-order valence-electron chi connectivity index (χ4n) is 3.11. The summed E-state index contributed by atoms with van der Waals surface area (Å²) in [6, 6.07) is 17.3. The van der Waals surface area contributed by atoms with E-state index < -0.39 is 15.9 Å². The fourth-order valence-corrected chi connectivity index (χ4v) is 4.91. The standard InChI is InChI=1S/C23H22Cl2N2O4S/c1-15(20-7-4-8-21(24)22(20)25)26-23(28)27-17-9-11-19(12-10-17)32(29,30)14-16-5-3-6-18(13-16)31-2/h3-13,15H,14H2,1-2H3,(H2,26,27,28)/t15-/m0/s1. The first kappa shape index (κ1) is 23.9. The summed E-state index contributed by atoms with van der Waals surface area (Å²) in [5.41, 5.74) is 1.76. The monoisotopic (exact) mass is 492 g/mol. The highest BCUT2D eigenvalue weighted by Gasteiger charge is 2.17. The van der Waals surface area contributed by atoms with Crippen molar-refractivity contribution in [1.29, 1.82) is 0 Å². The molecular formula is C23H22Cl2N2O4S. The van der Waals surface area contributed by atoms with Crippen LogP contribution in [0.2, 0.25) is 10.0 Å². The Kier molecular flexibility index (Phi) is 7.66. The summed E-state index contributed by atoms with van der Waals surface area (Å²) in [7, 11) is -2.03. The number of carbonyl (C=O) groups excluding carboxylic acids is 1. The molecule has 168 valence electrons. The van der Waals surface area contributed by atoms with E-state index in [4.69, 9.17) is 27.9 Å². The Morgan fingerprint density at radius 3 is 2.41 bits per heavy atom. The third kappa shape index (κ3) is 5.94. The van der Waals surface area contributed by atoms with Crippen LogP contribution in [0.25, 0.3) is 0 Å². The number of hydrogen-bond donors (Lipinski definition) is 2. The van der Waals surface area contributed by atoms with Crippen LogP contribution in [0.1, 0.15) is 24.1 Å². The summed E-state index contributed by atoms with van der Waals surface area (Å²) in [6.07, 6.45) is 0. The molecule has 0 aliphatic rings. The smallest absolute Gasteiger partial charge is 0.319 e. The van der Waals surface area contributed by atoms with Gasteiger partial charge in [0.1, 0.15) is 5.75 Å². The van der Waals surface area contributed by atoms with Crippen LogP contribution in [0.15, 0.2) is 71.6 Å². The molecule has 3 rings (SSSR count). The van der Waals surface area contributed by atoms with E-state index in [9.17, 15) is 13.2 Å². The molecule has 0 saturated heterocycles. The third-order valence-electron chi connectivity index (χ3n) is 4.76. The largest absolute Gasteiger partial charge is 0.497 e. The van der Waals surface area contributed by atoms with Gasteiger partial charge in [0.2, 0.25) is 0 Å².